The summed E-state index contributed by atoms with van der Waals surface area (Å²) in [4.78, 5) is 53.7. The lowest BCUT2D eigenvalue weighted by molar-refractivity contribution is -0.130. The van der Waals surface area contributed by atoms with Crippen molar-refractivity contribution in [2.45, 2.75) is 13.3 Å². The Morgan fingerprint density at radius 3 is 2.26 bits per heavy atom. The number of imide groups is 1. The summed E-state index contributed by atoms with van der Waals surface area (Å²) in [5, 5.41) is 0. The van der Waals surface area contributed by atoms with Crippen molar-refractivity contribution >= 4 is 23.6 Å². The van der Waals surface area contributed by atoms with Crippen molar-refractivity contribution in [3.63, 3.8) is 0 Å². The first kappa shape index (κ1) is 19.0. The van der Waals surface area contributed by atoms with Gasteiger partial charge in [0.2, 0.25) is 5.91 Å². The van der Waals surface area contributed by atoms with E-state index in [1.165, 1.54) is 17.9 Å². The number of hydrogen-bond donors (Lipinski definition) is 0. The lowest BCUT2D eigenvalue weighted by atomic mass is 10.0. The van der Waals surface area contributed by atoms with E-state index in [0.717, 1.165) is 0 Å². The maximum absolute atomic E-state index is 12.8. The fourth-order valence-corrected chi connectivity index (χ4v) is 3.40. The topological polar surface area (TPSA) is 87.2 Å². The maximum Gasteiger partial charge on any atom is 0.261 e. The summed E-state index contributed by atoms with van der Waals surface area (Å²) in [6.45, 7) is 4.16. The molecule has 0 aromatic heterocycles. The highest BCUT2D eigenvalue weighted by Gasteiger charge is 2.36. The van der Waals surface area contributed by atoms with Gasteiger partial charge in [0.25, 0.3) is 17.7 Å². The van der Waals surface area contributed by atoms with E-state index in [-0.39, 0.29) is 35.7 Å². The molecule has 2 aliphatic heterocycles. The Bertz CT molecular complexity index is 784. The van der Waals surface area contributed by atoms with E-state index in [1.54, 1.807) is 29.0 Å². The van der Waals surface area contributed by atoms with Gasteiger partial charge in [-0.1, -0.05) is 0 Å². The molecule has 1 fully saturated rings. The van der Waals surface area contributed by atoms with Crippen LogP contribution in [0.3, 0.4) is 0 Å². The molecule has 144 valence electrons. The summed E-state index contributed by atoms with van der Waals surface area (Å²) >= 11 is 0. The number of amides is 4. The van der Waals surface area contributed by atoms with Crippen LogP contribution in [0.4, 0.5) is 0 Å². The minimum atomic E-state index is -0.373. The average Bonchev–Trinajstić information content (AvgIpc) is 2.92. The molecule has 3 rings (SSSR count). The zero-order valence-electron chi connectivity index (χ0n) is 15.6. The number of hydrogen-bond acceptors (Lipinski definition) is 5. The molecule has 4 amide bonds. The largest absolute Gasteiger partial charge is 0.385 e. The monoisotopic (exact) mass is 373 g/mol. The number of fused-ring (bicyclic) bond motifs is 1. The Balaban J connectivity index is 1.72. The third-order valence-corrected chi connectivity index (χ3v) is 4.96. The van der Waals surface area contributed by atoms with Gasteiger partial charge in [-0.3, -0.25) is 24.1 Å². The summed E-state index contributed by atoms with van der Waals surface area (Å²) < 4.78 is 4.97. The first-order valence-electron chi connectivity index (χ1n) is 8.98. The van der Waals surface area contributed by atoms with E-state index in [9.17, 15) is 19.2 Å². The van der Waals surface area contributed by atoms with Crippen molar-refractivity contribution < 1.29 is 23.9 Å². The highest BCUT2D eigenvalue weighted by molar-refractivity contribution is 6.22. The number of rotatable bonds is 5. The van der Waals surface area contributed by atoms with Crippen molar-refractivity contribution in [1.29, 1.82) is 0 Å². The van der Waals surface area contributed by atoms with Gasteiger partial charge in [-0.2, -0.15) is 0 Å². The molecular formula is C19H23N3O5. The fourth-order valence-electron chi connectivity index (χ4n) is 3.40. The van der Waals surface area contributed by atoms with Gasteiger partial charge in [0.15, 0.2) is 0 Å². The van der Waals surface area contributed by atoms with E-state index in [2.05, 4.69) is 0 Å². The second-order valence-corrected chi connectivity index (χ2v) is 6.67. The van der Waals surface area contributed by atoms with Crippen LogP contribution >= 0.6 is 0 Å². The standard InChI is InChI=1S/C19H23N3O5/c1-13(23)20-7-9-21(10-8-20)17(24)14-4-5-15-16(12-14)19(26)22(18(15)25)6-3-11-27-2/h4-5,12H,3,6-11H2,1-2H3. The van der Waals surface area contributed by atoms with E-state index < -0.39 is 0 Å². The molecule has 27 heavy (non-hydrogen) atoms. The number of piperazine rings is 1. The molecule has 8 heteroatoms. The van der Waals surface area contributed by atoms with Crippen LogP contribution in [0.25, 0.3) is 0 Å². The SMILES string of the molecule is COCCCN1C(=O)c2ccc(C(=O)N3CCN(C(C)=O)CC3)cc2C1=O. The van der Waals surface area contributed by atoms with Crippen molar-refractivity contribution in [3.8, 4) is 0 Å². The molecule has 1 aromatic rings. The van der Waals surface area contributed by atoms with Crippen LogP contribution in [-0.2, 0) is 9.53 Å². The van der Waals surface area contributed by atoms with Crippen LogP contribution in [-0.4, -0.2) is 84.8 Å². The fraction of sp³-hybridized carbons (Fsp3) is 0.474. The van der Waals surface area contributed by atoms with Crippen LogP contribution in [0.5, 0.6) is 0 Å². The molecule has 0 bridgehead atoms. The summed E-state index contributed by atoms with van der Waals surface area (Å²) in [6.07, 6.45) is 0.564. The van der Waals surface area contributed by atoms with Crippen LogP contribution in [0, 0.1) is 0 Å². The van der Waals surface area contributed by atoms with Gasteiger partial charge in [0.05, 0.1) is 11.1 Å². The normalized spacial score (nSPS) is 16.7. The van der Waals surface area contributed by atoms with Crippen molar-refractivity contribution in [1.82, 2.24) is 14.7 Å². The molecule has 0 saturated carbocycles. The Morgan fingerprint density at radius 2 is 1.63 bits per heavy atom. The van der Waals surface area contributed by atoms with Gasteiger partial charge in [0.1, 0.15) is 0 Å². The Kier molecular flexibility index (Phi) is 5.55. The second kappa shape index (κ2) is 7.87. The first-order valence-corrected chi connectivity index (χ1v) is 8.98. The quantitative estimate of drug-likeness (QED) is 0.558. The van der Waals surface area contributed by atoms with E-state index in [1.807, 2.05) is 0 Å². The molecule has 2 aliphatic rings. The molecule has 1 aromatic carbocycles. The van der Waals surface area contributed by atoms with Gasteiger partial charge in [-0.05, 0) is 24.6 Å². The van der Waals surface area contributed by atoms with E-state index >= 15 is 0 Å². The third-order valence-electron chi connectivity index (χ3n) is 4.96. The minimum Gasteiger partial charge on any atom is -0.385 e. The van der Waals surface area contributed by atoms with Gasteiger partial charge >= 0.3 is 0 Å². The van der Waals surface area contributed by atoms with Crippen LogP contribution < -0.4 is 0 Å². The molecule has 0 N–H and O–H groups in total. The summed E-state index contributed by atoms with van der Waals surface area (Å²) in [7, 11) is 1.57. The van der Waals surface area contributed by atoms with Crippen LogP contribution in [0.2, 0.25) is 0 Å². The molecule has 2 heterocycles. The molecular weight excluding hydrogens is 350 g/mol. The Hall–Kier alpha value is -2.74. The van der Waals surface area contributed by atoms with Crippen molar-refractivity contribution in [2.75, 3.05) is 46.4 Å². The molecule has 1 saturated heterocycles. The van der Waals surface area contributed by atoms with Gasteiger partial charge in [-0.15, -0.1) is 0 Å². The minimum absolute atomic E-state index is 0.00250. The van der Waals surface area contributed by atoms with E-state index in [4.69, 9.17) is 4.74 Å². The number of methoxy groups -OCH3 is 1. The predicted octanol–water partition coefficient (Wildman–Crippen LogP) is 0.623. The average molecular weight is 373 g/mol. The smallest absolute Gasteiger partial charge is 0.261 e. The number of carbonyl (C=O) groups excluding carboxylic acids is 4. The zero-order valence-corrected chi connectivity index (χ0v) is 15.6. The number of benzene rings is 1. The van der Waals surface area contributed by atoms with Crippen molar-refractivity contribution in [3.05, 3.63) is 34.9 Å². The zero-order chi connectivity index (χ0) is 19.6. The van der Waals surface area contributed by atoms with Crippen LogP contribution in [0.1, 0.15) is 44.4 Å². The highest BCUT2D eigenvalue weighted by Crippen LogP contribution is 2.25. The summed E-state index contributed by atoms with van der Waals surface area (Å²) in [6, 6.07) is 4.64. The van der Waals surface area contributed by atoms with Crippen LogP contribution in [0.15, 0.2) is 18.2 Å². The van der Waals surface area contributed by atoms with Gasteiger partial charge in [-0.25, -0.2) is 0 Å². The van der Waals surface area contributed by atoms with Gasteiger partial charge < -0.3 is 14.5 Å². The Morgan fingerprint density at radius 1 is 1.00 bits per heavy atom. The molecule has 0 atom stereocenters. The number of nitrogens with zero attached hydrogens (tertiary/aromatic N) is 3. The van der Waals surface area contributed by atoms with E-state index in [0.29, 0.717) is 50.3 Å². The molecule has 8 nitrogen and oxygen atoms in total. The molecule has 0 unspecified atom stereocenters. The summed E-state index contributed by atoms with van der Waals surface area (Å²) in [5.41, 5.74) is 0.978. The Labute approximate surface area is 157 Å². The lowest BCUT2D eigenvalue weighted by Crippen LogP contribution is -2.50. The third kappa shape index (κ3) is 3.71. The second-order valence-electron chi connectivity index (χ2n) is 6.67. The van der Waals surface area contributed by atoms with Gasteiger partial charge in [0, 0.05) is 58.9 Å². The highest BCUT2D eigenvalue weighted by atomic mass is 16.5. The predicted molar refractivity (Wildman–Crippen MR) is 96.5 cm³/mol. The first-order chi connectivity index (χ1) is 12.9. The lowest BCUT2D eigenvalue weighted by Gasteiger charge is -2.34. The number of ether oxygens (including phenoxy) is 1. The summed E-state index contributed by atoms with van der Waals surface area (Å²) in [5.74, 6) is -0.904. The molecule has 0 aliphatic carbocycles. The maximum atomic E-state index is 12.8. The van der Waals surface area contributed by atoms with Crippen molar-refractivity contribution in [2.24, 2.45) is 0 Å². The molecule has 0 radical (unpaired) electrons. The number of carbonyl (C=O) groups is 4. The molecule has 0 spiro atoms.